The molecular weight excluding hydrogens is 314 g/mol. The Kier molecular flexibility index (Phi) is 6.76. The van der Waals surface area contributed by atoms with Gasteiger partial charge in [-0.1, -0.05) is 0 Å². The zero-order chi connectivity index (χ0) is 17.5. The quantitative estimate of drug-likeness (QED) is 0.583. The molecule has 0 aromatic carbocycles. The van der Waals surface area contributed by atoms with Gasteiger partial charge in [-0.05, 0) is 70.9 Å². The van der Waals surface area contributed by atoms with Crippen LogP contribution in [0.5, 0.6) is 0 Å². The van der Waals surface area contributed by atoms with Crippen LogP contribution in [-0.4, -0.2) is 68.6 Å². The summed E-state index contributed by atoms with van der Waals surface area (Å²) in [5.41, 5.74) is 0. The van der Waals surface area contributed by atoms with Crippen molar-refractivity contribution < 1.29 is 4.42 Å². The molecule has 1 aromatic heterocycles. The minimum atomic E-state index is 0.241. The second-order valence-corrected chi connectivity index (χ2v) is 7.29. The van der Waals surface area contributed by atoms with Gasteiger partial charge in [-0.2, -0.15) is 0 Å². The summed E-state index contributed by atoms with van der Waals surface area (Å²) in [5, 5.41) is 6.92. The van der Waals surface area contributed by atoms with E-state index in [-0.39, 0.29) is 6.04 Å². The monoisotopic (exact) mass is 347 g/mol. The van der Waals surface area contributed by atoms with Crippen LogP contribution in [-0.2, 0) is 0 Å². The Morgan fingerprint density at radius 3 is 2.80 bits per heavy atom. The SMILES string of the molecule is CCNC(=NCC(c1ccco1)N1CCCC1)NCC1CCN(C)C1. The first-order valence-electron chi connectivity index (χ1n) is 9.74. The van der Waals surface area contributed by atoms with Crippen LogP contribution in [0.1, 0.15) is 38.0 Å². The van der Waals surface area contributed by atoms with Gasteiger partial charge in [0.05, 0.1) is 18.8 Å². The molecule has 2 fully saturated rings. The molecule has 25 heavy (non-hydrogen) atoms. The van der Waals surface area contributed by atoms with Crippen molar-refractivity contribution in [1.82, 2.24) is 20.4 Å². The van der Waals surface area contributed by atoms with E-state index in [1.807, 2.05) is 6.07 Å². The Labute approximate surface area is 151 Å². The highest BCUT2D eigenvalue weighted by atomic mass is 16.3. The van der Waals surface area contributed by atoms with Crippen molar-refractivity contribution in [3.8, 4) is 0 Å². The summed E-state index contributed by atoms with van der Waals surface area (Å²) in [5.74, 6) is 2.67. The molecule has 2 aliphatic rings. The van der Waals surface area contributed by atoms with Crippen LogP contribution in [0.25, 0.3) is 0 Å². The zero-order valence-corrected chi connectivity index (χ0v) is 15.7. The average Bonchev–Trinajstić information content (AvgIpc) is 3.36. The van der Waals surface area contributed by atoms with Gasteiger partial charge in [0.15, 0.2) is 5.96 Å². The summed E-state index contributed by atoms with van der Waals surface area (Å²) in [6.45, 7) is 9.37. The lowest BCUT2D eigenvalue weighted by atomic mass is 10.1. The molecule has 2 saturated heterocycles. The maximum Gasteiger partial charge on any atom is 0.191 e. The minimum absolute atomic E-state index is 0.241. The van der Waals surface area contributed by atoms with E-state index >= 15 is 0 Å². The summed E-state index contributed by atoms with van der Waals surface area (Å²) >= 11 is 0. The minimum Gasteiger partial charge on any atom is -0.468 e. The molecule has 3 rings (SSSR count). The van der Waals surface area contributed by atoms with Crippen molar-refractivity contribution in [2.24, 2.45) is 10.9 Å². The molecular formula is C19H33N5O. The van der Waals surface area contributed by atoms with Crippen LogP contribution < -0.4 is 10.6 Å². The fourth-order valence-electron chi connectivity index (χ4n) is 3.87. The van der Waals surface area contributed by atoms with E-state index in [2.05, 4.69) is 40.5 Å². The average molecular weight is 348 g/mol. The second-order valence-electron chi connectivity index (χ2n) is 7.29. The van der Waals surface area contributed by atoms with Crippen LogP contribution in [0.4, 0.5) is 0 Å². The number of hydrogen-bond donors (Lipinski definition) is 2. The normalized spacial score (nSPS) is 23.9. The molecule has 140 valence electrons. The van der Waals surface area contributed by atoms with E-state index < -0.39 is 0 Å². The first-order valence-corrected chi connectivity index (χ1v) is 9.74. The van der Waals surface area contributed by atoms with Crippen molar-refractivity contribution in [3.05, 3.63) is 24.2 Å². The molecule has 0 saturated carbocycles. The largest absolute Gasteiger partial charge is 0.468 e. The third-order valence-corrected chi connectivity index (χ3v) is 5.27. The third kappa shape index (κ3) is 5.22. The number of rotatable bonds is 7. The summed E-state index contributed by atoms with van der Waals surface area (Å²) in [6, 6.07) is 4.29. The van der Waals surface area contributed by atoms with Crippen molar-refractivity contribution in [1.29, 1.82) is 0 Å². The lowest BCUT2D eigenvalue weighted by Gasteiger charge is -2.25. The van der Waals surface area contributed by atoms with Crippen LogP contribution >= 0.6 is 0 Å². The summed E-state index contributed by atoms with van der Waals surface area (Å²) in [6.07, 6.45) is 5.58. The van der Waals surface area contributed by atoms with Gasteiger partial charge in [0.2, 0.25) is 0 Å². The summed E-state index contributed by atoms with van der Waals surface area (Å²) in [7, 11) is 2.20. The van der Waals surface area contributed by atoms with Crippen molar-refractivity contribution in [3.63, 3.8) is 0 Å². The van der Waals surface area contributed by atoms with Crippen LogP contribution in [0.3, 0.4) is 0 Å². The molecule has 6 heteroatoms. The number of likely N-dealkylation sites (tertiary alicyclic amines) is 2. The highest BCUT2D eigenvalue weighted by Gasteiger charge is 2.25. The van der Waals surface area contributed by atoms with Gasteiger partial charge in [0, 0.05) is 19.6 Å². The van der Waals surface area contributed by atoms with Crippen molar-refractivity contribution in [2.45, 2.75) is 32.2 Å². The third-order valence-electron chi connectivity index (χ3n) is 5.27. The van der Waals surface area contributed by atoms with Gasteiger partial charge in [-0.25, -0.2) is 0 Å². The molecule has 2 aliphatic heterocycles. The molecule has 2 N–H and O–H groups in total. The number of furan rings is 1. The summed E-state index contributed by atoms with van der Waals surface area (Å²) in [4.78, 5) is 9.77. The number of nitrogens with one attached hydrogen (secondary N) is 2. The lowest BCUT2D eigenvalue weighted by molar-refractivity contribution is 0.221. The molecule has 0 spiro atoms. The molecule has 3 heterocycles. The van der Waals surface area contributed by atoms with E-state index in [0.717, 1.165) is 44.4 Å². The maximum absolute atomic E-state index is 5.70. The van der Waals surface area contributed by atoms with Gasteiger partial charge in [-0.15, -0.1) is 0 Å². The predicted molar refractivity (Wildman–Crippen MR) is 102 cm³/mol. The van der Waals surface area contributed by atoms with E-state index in [1.165, 1.54) is 32.4 Å². The summed E-state index contributed by atoms with van der Waals surface area (Å²) < 4.78 is 5.70. The number of nitrogens with zero attached hydrogens (tertiary/aromatic N) is 3. The molecule has 2 atom stereocenters. The van der Waals surface area contributed by atoms with E-state index in [0.29, 0.717) is 5.92 Å². The lowest BCUT2D eigenvalue weighted by Crippen LogP contribution is -2.41. The highest BCUT2D eigenvalue weighted by Crippen LogP contribution is 2.25. The van der Waals surface area contributed by atoms with Gasteiger partial charge < -0.3 is 20.0 Å². The number of guanidine groups is 1. The van der Waals surface area contributed by atoms with Gasteiger partial charge in [-0.3, -0.25) is 9.89 Å². The topological polar surface area (TPSA) is 56.0 Å². The van der Waals surface area contributed by atoms with E-state index in [4.69, 9.17) is 9.41 Å². The standard InChI is InChI=1S/C19H33N5O/c1-3-20-19(21-13-16-8-11-23(2)15-16)22-14-17(18-7-6-12-25-18)24-9-4-5-10-24/h6-7,12,16-17H,3-5,8-11,13-15H2,1-2H3,(H2,20,21,22). The number of aliphatic imine (C=N–C) groups is 1. The van der Waals surface area contributed by atoms with E-state index in [1.54, 1.807) is 6.26 Å². The molecule has 2 unspecified atom stereocenters. The molecule has 0 radical (unpaired) electrons. The Balaban J connectivity index is 1.59. The highest BCUT2D eigenvalue weighted by molar-refractivity contribution is 5.79. The Morgan fingerprint density at radius 2 is 2.16 bits per heavy atom. The Hall–Kier alpha value is -1.53. The molecule has 1 aromatic rings. The molecule has 0 bridgehead atoms. The first kappa shape index (κ1) is 18.3. The van der Waals surface area contributed by atoms with Crippen molar-refractivity contribution >= 4 is 5.96 Å². The van der Waals surface area contributed by atoms with Crippen LogP contribution in [0.15, 0.2) is 27.8 Å². The van der Waals surface area contributed by atoms with E-state index in [9.17, 15) is 0 Å². The number of hydrogen-bond acceptors (Lipinski definition) is 4. The smallest absolute Gasteiger partial charge is 0.191 e. The molecule has 6 nitrogen and oxygen atoms in total. The first-order chi connectivity index (χ1) is 12.3. The van der Waals surface area contributed by atoms with Crippen LogP contribution in [0, 0.1) is 5.92 Å². The van der Waals surface area contributed by atoms with Gasteiger partial charge in [0.1, 0.15) is 5.76 Å². The Bertz CT molecular complexity index is 524. The van der Waals surface area contributed by atoms with Crippen LogP contribution in [0.2, 0.25) is 0 Å². The second kappa shape index (κ2) is 9.25. The van der Waals surface area contributed by atoms with Gasteiger partial charge in [0.25, 0.3) is 0 Å². The predicted octanol–water partition coefficient (Wildman–Crippen LogP) is 1.92. The molecule has 0 amide bonds. The molecule has 0 aliphatic carbocycles. The zero-order valence-electron chi connectivity index (χ0n) is 15.7. The van der Waals surface area contributed by atoms with Crippen molar-refractivity contribution in [2.75, 3.05) is 52.9 Å². The fraction of sp³-hybridized carbons (Fsp3) is 0.737. The fourth-order valence-corrected chi connectivity index (χ4v) is 3.87. The van der Waals surface area contributed by atoms with Gasteiger partial charge >= 0.3 is 0 Å². The maximum atomic E-state index is 5.70. The Morgan fingerprint density at radius 1 is 1.32 bits per heavy atom.